The van der Waals surface area contributed by atoms with Gasteiger partial charge in [0.1, 0.15) is 0 Å². The van der Waals surface area contributed by atoms with Gasteiger partial charge in [0.2, 0.25) is 0 Å². The van der Waals surface area contributed by atoms with Crippen molar-refractivity contribution in [3.8, 4) is 0 Å². The van der Waals surface area contributed by atoms with Crippen molar-refractivity contribution in [3.05, 3.63) is 62.6 Å². The molecule has 0 radical (unpaired) electrons. The molecule has 0 unspecified atom stereocenters. The number of rotatable bonds is 5. The molecule has 0 bridgehead atoms. The van der Waals surface area contributed by atoms with Crippen LogP contribution >= 0.6 is 0 Å². The van der Waals surface area contributed by atoms with E-state index < -0.39 is 17.2 Å². The highest BCUT2D eigenvalue weighted by Gasteiger charge is 2.14. The Labute approximate surface area is 149 Å². The van der Waals surface area contributed by atoms with E-state index in [9.17, 15) is 14.4 Å². The molecule has 0 aliphatic heterocycles. The molecule has 0 aliphatic rings. The van der Waals surface area contributed by atoms with Gasteiger partial charge in [-0.25, -0.2) is 14.6 Å². The van der Waals surface area contributed by atoms with E-state index in [2.05, 4.69) is 4.98 Å². The molecule has 0 amide bonds. The molecule has 1 aromatic carbocycles. The van der Waals surface area contributed by atoms with Gasteiger partial charge >= 0.3 is 11.7 Å². The number of hydrogen-bond acceptors (Lipinski definition) is 5. The molecule has 0 fully saturated rings. The normalized spacial score (nSPS) is 11.0. The Morgan fingerprint density at radius 3 is 2.54 bits per heavy atom. The Morgan fingerprint density at radius 2 is 1.85 bits per heavy atom. The zero-order chi connectivity index (χ0) is 18.8. The van der Waals surface area contributed by atoms with Gasteiger partial charge in [0, 0.05) is 20.6 Å². The quantitative estimate of drug-likeness (QED) is 0.502. The number of benzene rings is 1. The van der Waals surface area contributed by atoms with E-state index in [4.69, 9.17) is 4.74 Å². The van der Waals surface area contributed by atoms with Crippen LogP contribution in [0.15, 0.2) is 40.2 Å². The number of carbonyl (C=O) groups is 1. The number of fused-ring (bicyclic) bond motifs is 1. The zero-order valence-corrected chi connectivity index (χ0v) is 14.9. The van der Waals surface area contributed by atoms with Gasteiger partial charge in [0.15, 0.2) is 11.2 Å². The molecule has 3 rings (SSSR count). The Kier molecular flexibility index (Phi) is 4.75. The molecule has 0 N–H and O–H groups in total. The smallest absolute Gasteiger partial charge is 0.338 e. The first-order valence-electron chi connectivity index (χ1n) is 8.25. The van der Waals surface area contributed by atoms with Gasteiger partial charge in [0.25, 0.3) is 5.56 Å². The van der Waals surface area contributed by atoms with Crippen LogP contribution < -0.4 is 11.2 Å². The summed E-state index contributed by atoms with van der Waals surface area (Å²) in [6.45, 7) is 2.21. The molecule has 0 aliphatic carbocycles. The number of ether oxygens (including phenoxy) is 1. The number of esters is 1. The van der Waals surface area contributed by atoms with Crippen LogP contribution in [0.25, 0.3) is 11.2 Å². The summed E-state index contributed by atoms with van der Waals surface area (Å²) in [4.78, 5) is 41.0. The fraction of sp³-hybridized carbons (Fsp3) is 0.333. The lowest BCUT2D eigenvalue weighted by atomic mass is 10.1. The minimum absolute atomic E-state index is 0.117. The average Bonchev–Trinajstić information content (AvgIpc) is 3.01. The van der Waals surface area contributed by atoms with E-state index >= 15 is 0 Å². The molecule has 2 heterocycles. The van der Waals surface area contributed by atoms with E-state index in [1.165, 1.54) is 10.9 Å². The number of aryl methyl sites for hydroxylation is 3. The Balaban J connectivity index is 1.70. The van der Waals surface area contributed by atoms with E-state index in [1.807, 2.05) is 19.1 Å². The molecule has 2 aromatic heterocycles. The summed E-state index contributed by atoms with van der Waals surface area (Å²) in [5.41, 5.74) is 1.41. The third-order valence-corrected chi connectivity index (χ3v) is 4.25. The molecule has 0 saturated carbocycles. The number of nitrogens with zero attached hydrogens (tertiary/aromatic N) is 4. The first-order chi connectivity index (χ1) is 12.4. The summed E-state index contributed by atoms with van der Waals surface area (Å²) in [6.07, 6.45) is 1.86. The molecule has 8 nitrogen and oxygen atoms in total. The fourth-order valence-corrected chi connectivity index (χ4v) is 2.75. The van der Waals surface area contributed by atoms with Crippen LogP contribution in [0, 0.1) is 6.92 Å². The number of hydrogen-bond donors (Lipinski definition) is 0. The summed E-state index contributed by atoms with van der Waals surface area (Å²) >= 11 is 0. The van der Waals surface area contributed by atoms with Crippen LogP contribution in [-0.4, -0.2) is 31.3 Å². The third kappa shape index (κ3) is 3.17. The minimum atomic E-state index is -0.439. The van der Waals surface area contributed by atoms with E-state index in [-0.39, 0.29) is 13.2 Å². The molecule has 0 spiro atoms. The second kappa shape index (κ2) is 6.99. The monoisotopic (exact) mass is 356 g/mol. The van der Waals surface area contributed by atoms with Crippen LogP contribution in [0.1, 0.15) is 22.3 Å². The second-order valence-electron chi connectivity index (χ2n) is 6.18. The Morgan fingerprint density at radius 1 is 1.15 bits per heavy atom. The third-order valence-electron chi connectivity index (χ3n) is 4.25. The molecule has 0 atom stereocenters. The molecule has 3 aromatic rings. The Hall–Kier alpha value is -3.16. The second-order valence-corrected chi connectivity index (χ2v) is 6.18. The molecule has 136 valence electrons. The zero-order valence-electron chi connectivity index (χ0n) is 14.9. The summed E-state index contributed by atoms with van der Waals surface area (Å²) in [7, 11) is 3.28. The summed E-state index contributed by atoms with van der Waals surface area (Å²) in [5.74, 6) is -0.424. The SMILES string of the molecule is Cc1ccc(C(=O)OCCCn2c(=O)c3c(ncn3C)n(C)c2=O)cc1. The topological polar surface area (TPSA) is 88.1 Å². The van der Waals surface area contributed by atoms with Crippen molar-refractivity contribution >= 4 is 17.1 Å². The van der Waals surface area contributed by atoms with Crippen molar-refractivity contribution in [1.82, 2.24) is 18.7 Å². The first-order valence-corrected chi connectivity index (χ1v) is 8.25. The van der Waals surface area contributed by atoms with Gasteiger partial charge in [-0.1, -0.05) is 17.7 Å². The van der Waals surface area contributed by atoms with Gasteiger partial charge in [-0.15, -0.1) is 0 Å². The maximum absolute atomic E-state index is 12.5. The maximum Gasteiger partial charge on any atom is 0.338 e. The van der Waals surface area contributed by atoms with Crippen LogP contribution in [0.3, 0.4) is 0 Å². The van der Waals surface area contributed by atoms with Gasteiger partial charge < -0.3 is 9.30 Å². The molecular weight excluding hydrogens is 336 g/mol. The van der Waals surface area contributed by atoms with Crippen molar-refractivity contribution < 1.29 is 9.53 Å². The summed E-state index contributed by atoms with van der Waals surface area (Å²) in [5, 5.41) is 0. The van der Waals surface area contributed by atoms with Crippen LogP contribution in [0.2, 0.25) is 0 Å². The van der Waals surface area contributed by atoms with Crippen LogP contribution in [-0.2, 0) is 25.4 Å². The van der Waals surface area contributed by atoms with Crippen molar-refractivity contribution in [2.75, 3.05) is 6.61 Å². The van der Waals surface area contributed by atoms with Crippen molar-refractivity contribution in [3.63, 3.8) is 0 Å². The van der Waals surface area contributed by atoms with Crippen molar-refractivity contribution in [1.29, 1.82) is 0 Å². The highest BCUT2D eigenvalue weighted by atomic mass is 16.5. The predicted octanol–water partition coefficient (Wildman–Crippen LogP) is 0.989. The van der Waals surface area contributed by atoms with Gasteiger partial charge in [-0.2, -0.15) is 0 Å². The highest BCUT2D eigenvalue weighted by Crippen LogP contribution is 2.06. The number of imidazole rings is 1. The highest BCUT2D eigenvalue weighted by molar-refractivity contribution is 5.89. The van der Waals surface area contributed by atoms with Gasteiger partial charge in [-0.3, -0.25) is 13.9 Å². The standard InChI is InChI=1S/C18H20N4O4/c1-12-5-7-13(8-6-12)17(24)26-10-4-9-22-16(23)14-15(19-11-20(14)2)21(3)18(22)25/h5-8,11H,4,9-10H2,1-3H3. The molecule has 26 heavy (non-hydrogen) atoms. The van der Waals surface area contributed by atoms with Crippen molar-refractivity contribution in [2.45, 2.75) is 19.9 Å². The van der Waals surface area contributed by atoms with E-state index in [0.717, 1.165) is 10.1 Å². The van der Waals surface area contributed by atoms with Crippen molar-refractivity contribution in [2.24, 2.45) is 14.1 Å². The molecule has 8 heteroatoms. The maximum atomic E-state index is 12.5. The lowest BCUT2D eigenvalue weighted by Gasteiger charge is -2.09. The number of aromatic nitrogens is 4. The lowest BCUT2D eigenvalue weighted by Crippen LogP contribution is -2.39. The first kappa shape index (κ1) is 17.7. The minimum Gasteiger partial charge on any atom is -0.462 e. The largest absolute Gasteiger partial charge is 0.462 e. The van der Waals surface area contributed by atoms with Gasteiger partial charge in [-0.05, 0) is 25.5 Å². The summed E-state index contributed by atoms with van der Waals surface area (Å²) < 4.78 is 9.29. The van der Waals surface area contributed by atoms with Crippen LogP contribution in [0.4, 0.5) is 0 Å². The number of carbonyl (C=O) groups excluding carboxylic acids is 1. The Bertz CT molecular complexity index is 1070. The lowest BCUT2D eigenvalue weighted by molar-refractivity contribution is 0.0495. The predicted molar refractivity (Wildman–Crippen MR) is 96.3 cm³/mol. The fourth-order valence-electron chi connectivity index (χ4n) is 2.75. The molecule has 0 saturated heterocycles. The van der Waals surface area contributed by atoms with Gasteiger partial charge in [0.05, 0.1) is 18.5 Å². The van der Waals surface area contributed by atoms with Crippen LogP contribution in [0.5, 0.6) is 0 Å². The van der Waals surface area contributed by atoms with E-state index in [1.54, 1.807) is 30.8 Å². The average molecular weight is 356 g/mol. The van der Waals surface area contributed by atoms with E-state index in [0.29, 0.717) is 23.1 Å². The summed E-state index contributed by atoms with van der Waals surface area (Å²) in [6, 6.07) is 7.08. The molecular formula is C18H20N4O4.